The summed E-state index contributed by atoms with van der Waals surface area (Å²) in [4.78, 5) is 12.8. The van der Waals surface area contributed by atoms with Gasteiger partial charge in [0, 0.05) is 25.1 Å². The summed E-state index contributed by atoms with van der Waals surface area (Å²) in [7, 11) is -1.88. The largest absolute Gasteiger partial charge is 0.319 e. The van der Waals surface area contributed by atoms with Crippen molar-refractivity contribution in [2.75, 3.05) is 24.4 Å². The van der Waals surface area contributed by atoms with Crippen molar-refractivity contribution in [2.45, 2.75) is 56.8 Å². The van der Waals surface area contributed by atoms with E-state index in [1.54, 1.807) is 6.07 Å². The Hall–Kier alpha value is -2.70. The summed E-state index contributed by atoms with van der Waals surface area (Å²) in [5.41, 5.74) is 3.58. The van der Waals surface area contributed by atoms with E-state index in [2.05, 4.69) is 42.1 Å². The van der Waals surface area contributed by atoms with E-state index < -0.39 is 10.0 Å². The molecule has 2 aliphatic rings. The minimum absolute atomic E-state index is 0.00273. The van der Waals surface area contributed by atoms with Crippen molar-refractivity contribution in [3.8, 4) is 0 Å². The molecule has 1 heterocycles. The van der Waals surface area contributed by atoms with Gasteiger partial charge in [-0.2, -0.15) is 0 Å². The molecule has 1 radical (unpaired) electrons. The number of unbranched alkanes of at least 4 members (excludes halogenated alkanes) is 1. The number of nitrogens with zero attached hydrogens (tertiary/aromatic N) is 1. The Morgan fingerprint density at radius 3 is 2.64 bits per heavy atom. The zero-order valence-corrected chi connectivity index (χ0v) is 22.4. The maximum atomic E-state index is 14.0. The molecule has 6 heteroatoms. The molecule has 2 atom stereocenters. The SMILES string of the molecule is CNCC(CCCCC1[CH]C=CC=C1)c1ccc(C)c(S(=O)(=O)N2CCC(=O)c3cccc(C)c32)c1. The van der Waals surface area contributed by atoms with Crippen molar-refractivity contribution < 1.29 is 13.2 Å². The highest BCUT2D eigenvalue weighted by Crippen LogP contribution is 2.36. The fourth-order valence-corrected chi connectivity index (χ4v) is 7.12. The summed E-state index contributed by atoms with van der Waals surface area (Å²) in [6.07, 6.45) is 15.3. The van der Waals surface area contributed by atoms with Crippen molar-refractivity contribution in [1.29, 1.82) is 0 Å². The minimum atomic E-state index is -3.82. The Bertz CT molecular complexity index is 1260. The topological polar surface area (TPSA) is 66.5 Å². The first-order valence-electron chi connectivity index (χ1n) is 12.9. The van der Waals surface area contributed by atoms with Gasteiger partial charge in [0.05, 0.1) is 10.6 Å². The second-order valence-corrected chi connectivity index (χ2v) is 11.7. The van der Waals surface area contributed by atoms with Gasteiger partial charge in [-0.25, -0.2) is 8.42 Å². The first-order chi connectivity index (χ1) is 17.3. The number of carbonyl (C=O) groups excluding carboxylic acids is 1. The van der Waals surface area contributed by atoms with Gasteiger partial charge in [0.2, 0.25) is 0 Å². The van der Waals surface area contributed by atoms with Crippen molar-refractivity contribution in [3.63, 3.8) is 0 Å². The molecule has 5 nitrogen and oxygen atoms in total. The number of allylic oxidation sites excluding steroid dienone is 4. The maximum absolute atomic E-state index is 14.0. The molecule has 2 aromatic rings. The van der Waals surface area contributed by atoms with Gasteiger partial charge >= 0.3 is 0 Å². The molecule has 0 aromatic heterocycles. The van der Waals surface area contributed by atoms with Gasteiger partial charge in [-0.15, -0.1) is 0 Å². The number of aryl methyl sites for hydroxylation is 2. The van der Waals surface area contributed by atoms with Crippen LogP contribution in [0, 0.1) is 26.2 Å². The molecular formula is C30H37N2O3S. The Morgan fingerprint density at radius 1 is 1.06 bits per heavy atom. The Labute approximate surface area is 216 Å². The van der Waals surface area contributed by atoms with Crippen LogP contribution in [-0.2, 0) is 10.0 Å². The van der Waals surface area contributed by atoms with E-state index in [-0.39, 0.29) is 24.7 Å². The quantitative estimate of drug-likeness (QED) is 0.409. The number of rotatable bonds is 10. The molecule has 2 aromatic carbocycles. The van der Waals surface area contributed by atoms with Crippen LogP contribution in [0.4, 0.5) is 5.69 Å². The Balaban J connectivity index is 1.56. The summed E-state index contributed by atoms with van der Waals surface area (Å²) < 4.78 is 29.4. The first kappa shape index (κ1) is 26.4. The predicted molar refractivity (Wildman–Crippen MR) is 147 cm³/mol. The van der Waals surface area contributed by atoms with E-state index >= 15 is 0 Å². The number of fused-ring (bicyclic) bond motifs is 1. The van der Waals surface area contributed by atoms with Crippen molar-refractivity contribution in [1.82, 2.24) is 5.32 Å². The molecular weight excluding hydrogens is 468 g/mol. The molecule has 0 amide bonds. The molecule has 191 valence electrons. The average Bonchev–Trinajstić information content (AvgIpc) is 2.87. The number of ketones is 1. The van der Waals surface area contributed by atoms with Crippen LogP contribution in [-0.4, -0.2) is 34.3 Å². The zero-order chi connectivity index (χ0) is 25.7. The van der Waals surface area contributed by atoms with Crippen molar-refractivity contribution >= 4 is 21.5 Å². The lowest BCUT2D eigenvalue weighted by atomic mass is 9.90. The fourth-order valence-electron chi connectivity index (χ4n) is 5.31. The van der Waals surface area contributed by atoms with E-state index in [1.165, 1.54) is 4.31 Å². The second-order valence-electron chi connectivity index (χ2n) is 9.91. The molecule has 2 unspecified atom stereocenters. The third-order valence-electron chi connectivity index (χ3n) is 7.31. The van der Waals surface area contributed by atoms with E-state index in [4.69, 9.17) is 0 Å². The van der Waals surface area contributed by atoms with Crippen LogP contribution in [0.15, 0.2) is 65.6 Å². The van der Waals surface area contributed by atoms with Crippen LogP contribution in [0.3, 0.4) is 0 Å². The van der Waals surface area contributed by atoms with E-state index in [0.717, 1.165) is 48.9 Å². The molecule has 0 spiro atoms. The van der Waals surface area contributed by atoms with Crippen LogP contribution in [0.2, 0.25) is 0 Å². The number of benzene rings is 2. The van der Waals surface area contributed by atoms with E-state index in [0.29, 0.717) is 22.1 Å². The molecule has 1 aliphatic heterocycles. The average molecular weight is 506 g/mol. The normalized spacial score (nSPS) is 18.4. The van der Waals surface area contributed by atoms with Crippen LogP contribution in [0.5, 0.6) is 0 Å². The van der Waals surface area contributed by atoms with Gasteiger partial charge in [0.25, 0.3) is 10.0 Å². The lowest BCUT2D eigenvalue weighted by Gasteiger charge is -2.32. The number of nitrogens with one attached hydrogen (secondary N) is 1. The number of sulfonamides is 1. The molecule has 4 rings (SSSR count). The van der Waals surface area contributed by atoms with Gasteiger partial charge < -0.3 is 5.32 Å². The highest BCUT2D eigenvalue weighted by atomic mass is 32.2. The lowest BCUT2D eigenvalue weighted by Crippen LogP contribution is -2.38. The molecule has 36 heavy (non-hydrogen) atoms. The fraction of sp³-hybridized carbons (Fsp3) is 0.400. The first-order valence-corrected chi connectivity index (χ1v) is 14.4. The highest BCUT2D eigenvalue weighted by Gasteiger charge is 2.34. The molecule has 1 N–H and O–H groups in total. The lowest BCUT2D eigenvalue weighted by molar-refractivity contribution is 0.0982. The highest BCUT2D eigenvalue weighted by molar-refractivity contribution is 7.93. The summed E-state index contributed by atoms with van der Waals surface area (Å²) in [6.45, 7) is 4.68. The number of carbonyl (C=O) groups is 1. The second kappa shape index (κ2) is 11.6. The molecule has 1 aliphatic carbocycles. The minimum Gasteiger partial charge on any atom is -0.319 e. The zero-order valence-electron chi connectivity index (χ0n) is 21.5. The maximum Gasteiger partial charge on any atom is 0.264 e. The smallest absolute Gasteiger partial charge is 0.264 e. The molecule has 0 saturated carbocycles. The van der Waals surface area contributed by atoms with E-state index in [1.807, 2.05) is 45.2 Å². The van der Waals surface area contributed by atoms with Crippen LogP contribution in [0.25, 0.3) is 0 Å². The monoisotopic (exact) mass is 505 g/mol. The standard InChI is InChI=1S/C30H37N2O3S/c1-22-16-17-25(26(21-31-3)14-8-7-13-24-11-5-4-6-12-24)20-29(22)36(34,35)32-19-18-28(33)27-15-9-10-23(2)30(27)32/h4-6,9-12,15-17,20,24,26,31H,7-8,13-14,18-19,21H2,1-3H3. The number of para-hydroxylation sites is 1. The summed E-state index contributed by atoms with van der Waals surface area (Å²) in [5, 5.41) is 3.29. The third kappa shape index (κ3) is 5.65. The van der Waals surface area contributed by atoms with Crippen LogP contribution < -0.4 is 9.62 Å². The number of hydrogen-bond donors (Lipinski definition) is 1. The van der Waals surface area contributed by atoms with Gasteiger partial charge in [-0.1, -0.05) is 61.4 Å². The number of Topliss-reactive ketones (excluding diaryl/α,β-unsaturated/α-hetero) is 1. The van der Waals surface area contributed by atoms with Crippen molar-refractivity contribution in [3.05, 3.63) is 89.4 Å². The summed E-state index contributed by atoms with van der Waals surface area (Å²) in [6, 6.07) is 11.3. The van der Waals surface area contributed by atoms with Crippen molar-refractivity contribution in [2.24, 2.45) is 5.92 Å². The van der Waals surface area contributed by atoms with Gasteiger partial charge in [0.15, 0.2) is 5.78 Å². The third-order valence-corrected chi connectivity index (χ3v) is 9.25. The Kier molecular flexibility index (Phi) is 8.47. The summed E-state index contributed by atoms with van der Waals surface area (Å²) in [5.74, 6) is 0.737. The predicted octanol–water partition coefficient (Wildman–Crippen LogP) is 5.90. The van der Waals surface area contributed by atoms with Gasteiger partial charge in [-0.3, -0.25) is 9.10 Å². The molecule has 0 bridgehead atoms. The number of hydrogen-bond acceptors (Lipinski definition) is 4. The van der Waals surface area contributed by atoms with Gasteiger partial charge in [-0.05, 0) is 80.8 Å². The van der Waals surface area contributed by atoms with Crippen LogP contribution >= 0.6 is 0 Å². The number of anilines is 1. The Morgan fingerprint density at radius 2 is 1.89 bits per heavy atom. The van der Waals surface area contributed by atoms with E-state index in [9.17, 15) is 13.2 Å². The van der Waals surface area contributed by atoms with Crippen LogP contribution in [0.1, 0.15) is 65.1 Å². The summed E-state index contributed by atoms with van der Waals surface area (Å²) >= 11 is 0. The molecule has 0 fully saturated rings. The number of likely N-dealkylation sites (N-methyl/N-ethyl adjacent to an activating group) is 1. The molecule has 0 saturated heterocycles. The van der Waals surface area contributed by atoms with Gasteiger partial charge in [0.1, 0.15) is 0 Å².